The minimum absolute atomic E-state index is 0.182. The van der Waals surface area contributed by atoms with Crippen molar-refractivity contribution in [2.45, 2.75) is 32.6 Å². The lowest BCUT2D eigenvalue weighted by atomic mass is 9.90. The number of rotatable bonds is 1. The normalized spacial score (nSPS) is 18.9. The molecule has 0 aromatic heterocycles. The summed E-state index contributed by atoms with van der Waals surface area (Å²) in [7, 11) is 0. The first-order chi connectivity index (χ1) is 8.68. The van der Waals surface area contributed by atoms with Crippen LogP contribution in [0.2, 0.25) is 0 Å². The number of carbonyl (C=O) groups is 2. The number of fused-ring (bicyclic) bond motifs is 1. The topological polar surface area (TPSA) is 37.4 Å². The number of imide groups is 1. The molecule has 0 fully saturated rings. The predicted molar refractivity (Wildman–Crippen MR) is 69.3 cm³/mol. The van der Waals surface area contributed by atoms with Gasteiger partial charge in [0.05, 0.1) is 5.69 Å². The zero-order chi connectivity index (χ0) is 12.7. The fourth-order valence-corrected chi connectivity index (χ4v) is 2.79. The first-order valence-electron chi connectivity index (χ1n) is 6.36. The summed E-state index contributed by atoms with van der Waals surface area (Å²) in [4.78, 5) is 25.3. The van der Waals surface area contributed by atoms with Crippen LogP contribution in [0.25, 0.3) is 0 Å². The van der Waals surface area contributed by atoms with E-state index in [2.05, 4.69) is 6.07 Å². The van der Waals surface area contributed by atoms with E-state index in [1.807, 2.05) is 12.1 Å². The van der Waals surface area contributed by atoms with E-state index < -0.39 is 0 Å². The standard InChI is InChI=1S/C15H15NO2/c1-10-9-14(17)16(15(10)18)13-8-4-6-11-5-2-3-7-12(11)13/h4,6,8-9H,2-3,5,7H2,1H3. The molecule has 0 N–H and O–H groups in total. The Morgan fingerprint density at radius 3 is 2.61 bits per heavy atom. The lowest BCUT2D eigenvalue weighted by Gasteiger charge is -2.23. The fraction of sp³-hybridized carbons (Fsp3) is 0.333. The van der Waals surface area contributed by atoms with E-state index >= 15 is 0 Å². The monoisotopic (exact) mass is 241 g/mol. The van der Waals surface area contributed by atoms with Gasteiger partial charge in [-0.3, -0.25) is 9.59 Å². The van der Waals surface area contributed by atoms with Gasteiger partial charge in [-0.25, -0.2) is 4.90 Å². The van der Waals surface area contributed by atoms with Crippen LogP contribution in [0.5, 0.6) is 0 Å². The molecule has 0 saturated heterocycles. The highest BCUT2D eigenvalue weighted by Gasteiger charge is 2.32. The second-order valence-electron chi connectivity index (χ2n) is 4.93. The largest absolute Gasteiger partial charge is 0.269 e. The van der Waals surface area contributed by atoms with E-state index in [0.717, 1.165) is 24.9 Å². The highest BCUT2D eigenvalue weighted by molar-refractivity contribution is 6.30. The summed E-state index contributed by atoms with van der Waals surface area (Å²) < 4.78 is 0. The zero-order valence-corrected chi connectivity index (χ0v) is 10.4. The van der Waals surface area contributed by atoms with Crippen LogP contribution >= 0.6 is 0 Å². The van der Waals surface area contributed by atoms with Crippen LogP contribution in [0.3, 0.4) is 0 Å². The third kappa shape index (κ3) is 1.58. The SMILES string of the molecule is CC1=CC(=O)N(c2cccc3c2CCCC3)C1=O. The molecular weight excluding hydrogens is 226 g/mol. The van der Waals surface area contributed by atoms with Crippen molar-refractivity contribution in [3.05, 3.63) is 41.0 Å². The quantitative estimate of drug-likeness (QED) is 0.708. The first kappa shape index (κ1) is 11.2. The van der Waals surface area contributed by atoms with Gasteiger partial charge in [0.2, 0.25) is 0 Å². The Balaban J connectivity index is 2.08. The van der Waals surface area contributed by atoms with E-state index in [1.54, 1.807) is 6.92 Å². The van der Waals surface area contributed by atoms with E-state index in [0.29, 0.717) is 5.57 Å². The summed E-state index contributed by atoms with van der Waals surface area (Å²) in [6.07, 6.45) is 5.75. The number of benzene rings is 1. The van der Waals surface area contributed by atoms with Gasteiger partial charge in [-0.2, -0.15) is 0 Å². The van der Waals surface area contributed by atoms with Gasteiger partial charge in [0, 0.05) is 11.6 Å². The molecule has 3 nitrogen and oxygen atoms in total. The van der Waals surface area contributed by atoms with Crippen LogP contribution in [0.4, 0.5) is 5.69 Å². The number of hydrogen-bond acceptors (Lipinski definition) is 2. The molecule has 1 aromatic rings. The molecule has 18 heavy (non-hydrogen) atoms. The Morgan fingerprint density at radius 1 is 1.11 bits per heavy atom. The van der Waals surface area contributed by atoms with Crippen molar-refractivity contribution in [2.75, 3.05) is 4.90 Å². The first-order valence-corrected chi connectivity index (χ1v) is 6.36. The second-order valence-corrected chi connectivity index (χ2v) is 4.93. The van der Waals surface area contributed by atoms with Crippen LogP contribution in [-0.2, 0) is 22.4 Å². The maximum atomic E-state index is 12.0. The molecule has 2 amide bonds. The molecule has 0 unspecified atom stereocenters. The molecule has 0 saturated carbocycles. The molecule has 1 aliphatic carbocycles. The molecule has 0 atom stereocenters. The highest BCUT2D eigenvalue weighted by atomic mass is 16.2. The average molecular weight is 241 g/mol. The van der Waals surface area contributed by atoms with Gasteiger partial charge in [0.25, 0.3) is 11.8 Å². The average Bonchev–Trinajstić information content (AvgIpc) is 2.63. The van der Waals surface area contributed by atoms with Crippen molar-refractivity contribution in [1.82, 2.24) is 0 Å². The summed E-state index contributed by atoms with van der Waals surface area (Å²) in [6, 6.07) is 5.92. The summed E-state index contributed by atoms with van der Waals surface area (Å²) in [5.41, 5.74) is 3.76. The van der Waals surface area contributed by atoms with Crippen molar-refractivity contribution >= 4 is 17.5 Å². The van der Waals surface area contributed by atoms with E-state index in [-0.39, 0.29) is 11.8 Å². The van der Waals surface area contributed by atoms with Crippen LogP contribution in [0, 0.1) is 0 Å². The van der Waals surface area contributed by atoms with Crippen LogP contribution in [0.1, 0.15) is 30.9 Å². The molecule has 0 bridgehead atoms. The summed E-state index contributed by atoms with van der Waals surface area (Å²) in [5.74, 6) is -0.393. The van der Waals surface area contributed by atoms with Crippen molar-refractivity contribution in [1.29, 1.82) is 0 Å². The molecular formula is C15H15NO2. The van der Waals surface area contributed by atoms with Gasteiger partial charge >= 0.3 is 0 Å². The van der Waals surface area contributed by atoms with E-state index in [1.165, 1.54) is 28.5 Å². The van der Waals surface area contributed by atoms with Crippen LogP contribution in [-0.4, -0.2) is 11.8 Å². The number of aryl methyl sites for hydroxylation is 1. The molecule has 1 aromatic carbocycles. The van der Waals surface area contributed by atoms with Crippen molar-refractivity contribution in [2.24, 2.45) is 0 Å². The Kier molecular flexibility index (Phi) is 2.54. The Bertz CT molecular complexity index is 572. The number of amides is 2. The van der Waals surface area contributed by atoms with Gasteiger partial charge in [-0.1, -0.05) is 12.1 Å². The summed E-state index contributed by atoms with van der Waals surface area (Å²) in [5, 5.41) is 0. The van der Waals surface area contributed by atoms with Gasteiger partial charge < -0.3 is 0 Å². The fourth-order valence-electron chi connectivity index (χ4n) is 2.79. The molecule has 0 radical (unpaired) electrons. The molecule has 1 aliphatic heterocycles. The molecule has 3 heteroatoms. The maximum Gasteiger partial charge on any atom is 0.261 e. The van der Waals surface area contributed by atoms with Gasteiger partial charge in [-0.05, 0) is 49.8 Å². The van der Waals surface area contributed by atoms with Crippen LogP contribution in [0.15, 0.2) is 29.8 Å². The molecule has 3 rings (SSSR count). The zero-order valence-electron chi connectivity index (χ0n) is 10.4. The molecule has 2 aliphatic rings. The molecule has 0 spiro atoms. The highest BCUT2D eigenvalue weighted by Crippen LogP contribution is 2.32. The third-order valence-corrected chi connectivity index (χ3v) is 3.71. The lowest BCUT2D eigenvalue weighted by molar-refractivity contribution is -0.120. The molecule has 1 heterocycles. The Labute approximate surface area is 106 Å². The second kappa shape index (κ2) is 4.09. The van der Waals surface area contributed by atoms with E-state index in [9.17, 15) is 9.59 Å². The minimum atomic E-state index is -0.212. The lowest BCUT2D eigenvalue weighted by Crippen LogP contribution is -2.32. The van der Waals surface area contributed by atoms with Crippen molar-refractivity contribution in [3.63, 3.8) is 0 Å². The maximum absolute atomic E-state index is 12.0. The summed E-state index contributed by atoms with van der Waals surface area (Å²) in [6.45, 7) is 1.69. The van der Waals surface area contributed by atoms with Crippen molar-refractivity contribution < 1.29 is 9.59 Å². The third-order valence-electron chi connectivity index (χ3n) is 3.71. The number of anilines is 1. The van der Waals surface area contributed by atoms with Gasteiger partial charge in [-0.15, -0.1) is 0 Å². The number of hydrogen-bond donors (Lipinski definition) is 0. The number of carbonyl (C=O) groups excluding carboxylic acids is 2. The smallest absolute Gasteiger partial charge is 0.261 e. The summed E-state index contributed by atoms with van der Waals surface area (Å²) >= 11 is 0. The van der Waals surface area contributed by atoms with Crippen LogP contribution < -0.4 is 4.90 Å². The Morgan fingerprint density at radius 2 is 1.89 bits per heavy atom. The Hall–Kier alpha value is -1.90. The molecule has 92 valence electrons. The minimum Gasteiger partial charge on any atom is -0.269 e. The van der Waals surface area contributed by atoms with E-state index in [4.69, 9.17) is 0 Å². The number of nitrogens with zero attached hydrogens (tertiary/aromatic N) is 1. The predicted octanol–water partition coefficient (Wildman–Crippen LogP) is 2.38. The van der Waals surface area contributed by atoms with Gasteiger partial charge in [0.1, 0.15) is 0 Å². The van der Waals surface area contributed by atoms with Gasteiger partial charge in [0.15, 0.2) is 0 Å². The van der Waals surface area contributed by atoms with Crippen molar-refractivity contribution in [3.8, 4) is 0 Å².